The van der Waals surface area contributed by atoms with E-state index >= 15 is 0 Å². The maximum absolute atomic E-state index is 13.9. The molecule has 1 aliphatic heterocycles. The van der Waals surface area contributed by atoms with E-state index in [-0.39, 0.29) is 25.4 Å². The van der Waals surface area contributed by atoms with Crippen molar-refractivity contribution in [1.82, 2.24) is 20.5 Å². The van der Waals surface area contributed by atoms with E-state index in [1.807, 2.05) is 31.2 Å². The molecule has 272 valence electrons. The molecule has 3 aromatic carbocycles. The largest absolute Gasteiger partial charge is 0.397 e. The molecule has 7 N–H and O–H groups in total. The summed E-state index contributed by atoms with van der Waals surface area (Å²) in [5.74, 6) is -2.66. The van der Waals surface area contributed by atoms with Gasteiger partial charge in [-0.2, -0.15) is 0 Å². The Balaban J connectivity index is 1.15. The SMILES string of the molecule is Cc1ncsc1-c1ccc(CNC(=O)[C@@H]2C[C@@H](O)CN2C(=O)[C@@H](NC(=O)CC(=O)Nc2ccc(C(=O)Nc3ccccc3N)cc2)C(C)(C)C)cc1. The van der Waals surface area contributed by atoms with Gasteiger partial charge in [0, 0.05) is 30.8 Å². The molecule has 0 aliphatic carbocycles. The number of nitrogen functional groups attached to an aromatic ring is 1. The summed E-state index contributed by atoms with van der Waals surface area (Å²) in [5, 5.41) is 21.4. The first-order valence-corrected chi connectivity index (χ1v) is 17.7. The number of likely N-dealkylation sites (tertiary alicyclic amines) is 1. The van der Waals surface area contributed by atoms with E-state index in [4.69, 9.17) is 5.73 Å². The summed E-state index contributed by atoms with van der Waals surface area (Å²) >= 11 is 1.56. The molecule has 1 aliphatic rings. The molecule has 1 fully saturated rings. The van der Waals surface area contributed by atoms with Gasteiger partial charge in [-0.25, -0.2) is 4.98 Å². The summed E-state index contributed by atoms with van der Waals surface area (Å²) in [7, 11) is 0. The zero-order chi connectivity index (χ0) is 37.6. The Bertz CT molecular complexity index is 1940. The zero-order valence-corrected chi connectivity index (χ0v) is 30.3. The molecule has 52 heavy (non-hydrogen) atoms. The lowest BCUT2D eigenvalue weighted by Crippen LogP contribution is -2.58. The highest BCUT2D eigenvalue weighted by Gasteiger charge is 2.44. The van der Waals surface area contributed by atoms with Gasteiger partial charge in [-0.15, -0.1) is 11.3 Å². The predicted octanol–water partition coefficient (Wildman–Crippen LogP) is 4.09. The smallest absolute Gasteiger partial charge is 0.255 e. The van der Waals surface area contributed by atoms with Crippen LogP contribution in [0.2, 0.25) is 0 Å². The molecule has 4 aromatic rings. The van der Waals surface area contributed by atoms with Crippen LogP contribution in [-0.4, -0.2) is 69.3 Å². The minimum atomic E-state index is -1.09. The van der Waals surface area contributed by atoms with Crippen molar-refractivity contribution in [3.05, 3.63) is 95.1 Å². The van der Waals surface area contributed by atoms with Crippen molar-refractivity contribution < 1.29 is 29.1 Å². The number of carbonyl (C=O) groups is 5. The number of rotatable bonds is 11. The van der Waals surface area contributed by atoms with Crippen molar-refractivity contribution in [1.29, 1.82) is 0 Å². The van der Waals surface area contributed by atoms with Gasteiger partial charge in [0.2, 0.25) is 23.6 Å². The maximum atomic E-state index is 13.9. The molecular weight excluding hydrogens is 683 g/mol. The van der Waals surface area contributed by atoms with Gasteiger partial charge in [0.05, 0.1) is 33.6 Å². The van der Waals surface area contributed by atoms with Gasteiger partial charge in [-0.05, 0) is 59.9 Å². The van der Waals surface area contributed by atoms with Crippen molar-refractivity contribution in [2.75, 3.05) is 22.9 Å². The average Bonchev–Trinajstić information content (AvgIpc) is 3.72. The third-order valence-electron chi connectivity index (χ3n) is 8.67. The molecule has 14 heteroatoms. The minimum absolute atomic E-state index is 0.0507. The summed E-state index contributed by atoms with van der Waals surface area (Å²) in [6.07, 6.45) is -1.45. The summed E-state index contributed by atoms with van der Waals surface area (Å²) < 4.78 is 0. The second-order valence-corrected chi connectivity index (χ2v) is 14.6. The number of aliphatic hydroxyl groups excluding tert-OH is 1. The maximum Gasteiger partial charge on any atom is 0.255 e. The number of aryl methyl sites for hydroxylation is 1. The van der Waals surface area contributed by atoms with Gasteiger partial charge in [-0.1, -0.05) is 57.2 Å². The first kappa shape index (κ1) is 37.7. The predicted molar refractivity (Wildman–Crippen MR) is 200 cm³/mol. The Labute approximate surface area is 306 Å². The highest BCUT2D eigenvalue weighted by molar-refractivity contribution is 7.13. The van der Waals surface area contributed by atoms with Crippen LogP contribution < -0.4 is 27.0 Å². The summed E-state index contributed by atoms with van der Waals surface area (Å²) in [4.78, 5) is 72.4. The molecule has 13 nitrogen and oxygen atoms in total. The molecule has 0 bridgehead atoms. The van der Waals surface area contributed by atoms with Gasteiger partial charge in [0.15, 0.2) is 0 Å². The number of anilines is 3. The fraction of sp³-hybridized carbons (Fsp3) is 0.316. The second kappa shape index (κ2) is 16.2. The van der Waals surface area contributed by atoms with E-state index in [1.54, 1.807) is 61.9 Å². The molecule has 3 atom stereocenters. The standard InChI is InChI=1S/C38H43N7O6S/c1-22-33(52-21-41-22)24-11-9-23(10-12-24)19-40-36(50)30-17-27(46)20-45(30)37(51)34(38(2,3)4)44-32(48)18-31(47)42-26-15-13-25(14-16-26)35(49)43-29-8-6-5-7-28(29)39/h5-16,21,27,30,34,46H,17-20,39H2,1-4H3,(H,40,50)(H,42,47)(H,43,49)(H,44,48)/t27-,30+,34-/m1/s1. The van der Waals surface area contributed by atoms with E-state index < -0.39 is 53.7 Å². The van der Waals surface area contributed by atoms with Gasteiger partial charge in [0.25, 0.3) is 5.91 Å². The van der Waals surface area contributed by atoms with E-state index in [1.165, 1.54) is 29.2 Å². The number of aromatic nitrogens is 1. The highest BCUT2D eigenvalue weighted by atomic mass is 32.1. The Morgan fingerprint density at radius 2 is 1.65 bits per heavy atom. The molecule has 1 saturated heterocycles. The first-order chi connectivity index (χ1) is 24.7. The molecule has 0 spiro atoms. The van der Waals surface area contributed by atoms with Crippen LogP contribution >= 0.6 is 11.3 Å². The third-order valence-corrected chi connectivity index (χ3v) is 9.65. The summed E-state index contributed by atoms with van der Waals surface area (Å²) in [5.41, 5.74) is 11.3. The molecule has 5 amide bonds. The number of nitrogens with zero attached hydrogens (tertiary/aromatic N) is 2. The Hall–Kier alpha value is -5.60. The quantitative estimate of drug-likeness (QED) is 0.0983. The van der Waals surface area contributed by atoms with Gasteiger partial charge in [0.1, 0.15) is 18.5 Å². The van der Waals surface area contributed by atoms with E-state index in [2.05, 4.69) is 26.3 Å². The number of benzene rings is 3. The molecule has 1 aromatic heterocycles. The van der Waals surface area contributed by atoms with Crippen LogP contribution in [0, 0.1) is 12.3 Å². The van der Waals surface area contributed by atoms with Crippen molar-refractivity contribution in [2.24, 2.45) is 5.41 Å². The number of aliphatic hydroxyl groups is 1. The normalized spacial score (nSPS) is 16.1. The lowest BCUT2D eigenvalue weighted by Gasteiger charge is -2.35. The number of para-hydroxylation sites is 2. The van der Waals surface area contributed by atoms with E-state index in [0.717, 1.165) is 21.7 Å². The van der Waals surface area contributed by atoms with Crippen molar-refractivity contribution in [2.45, 2.75) is 65.3 Å². The van der Waals surface area contributed by atoms with Crippen molar-refractivity contribution >= 4 is 57.9 Å². The van der Waals surface area contributed by atoms with Crippen LogP contribution in [0.1, 0.15) is 55.2 Å². The van der Waals surface area contributed by atoms with Gasteiger partial charge >= 0.3 is 0 Å². The number of hydrogen-bond donors (Lipinski definition) is 6. The van der Waals surface area contributed by atoms with Crippen LogP contribution in [-0.2, 0) is 25.7 Å². The third kappa shape index (κ3) is 9.38. The van der Waals surface area contributed by atoms with Gasteiger partial charge in [-0.3, -0.25) is 24.0 Å². The van der Waals surface area contributed by atoms with Crippen molar-refractivity contribution in [3.63, 3.8) is 0 Å². The van der Waals surface area contributed by atoms with Crippen molar-refractivity contribution in [3.8, 4) is 10.4 Å². The number of β-amino-alcohol motifs (C(OH)–C–C–N with tert-alkyl or cyclic N) is 1. The fourth-order valence-electron chi connectivity index (χ4n) is 5.85. The number of thiazole rings is 1. The lowest BCUT2D eigenvalue weighted by molar-refractivity contribution is -0.144. The van der Waals surface area contributed by atoms with Gasteiger partial charge < -0.3 is 37.0 Å². The lowest BCUT2D eigenvalue weighted by atomic mass is 9.85. The number of hydrogen-bond acceptors (Lipinski definition) is 9. The highest BCUT2D eigenvalue weighted by Crippen LogP contribution is 2.28. The Morgan fingerprint density at radius 3 is 2.29 bits per heavy atom. The average molecular weight is 726 g/mol. The fourth-order valence-corrected chi connectivity index (χ4v) is 6.67. The minimum Gasteiger partial charge on any atom is -0.397 e. The zero-order valence-electron chi connectivity index (χ0n) is 29.4. The first-order valence-electron chi connectivity index (χ1n) is 16.8. The van der Waals surface area contributed by atoms with E-state index in [0.29, 0.717) is 22.6 Å². The van der Waals surface area contributed by atoms with Crippen LogP contribution in [0.25, 0.3) is 10.4 Å². The molecule has 0 radical (unpaired) electrons. The molecule has 5 rings (SSSR count). The van der Waals surface area contributed by atoms with Crippen LogP contribution in [0.3, 0.4) is 0 Å². The monoisotopic (exact) mass is 725 g/mol. The number of amides is 5. The summed E-state index contributed by atoms with van der Waals surface area (Å²) in [6, 6.07) is 18.7. The Kier molecular flexibility index (Phi) is 11.7. The van der Waals surface area contributed by atoms with Crippen LogP contribution in [0.15, 0.2) is 78.3 Å². The Morgan fingerprint density at radius 1 is 0.962 bits per heavy atom. The molecule has 0 saturated carbocycles. The molecular formula is C38H43N7O6S. The number of nitrogens with one attached hydrogen (secondary N) is 4. The number of nitrogens with two attached hydrogens (primary N) is 1. The molecule has 2 heterocycles. The summed E-state index contributed by atoms with van der Waals surface area (Å²) in [6.45, 7) is 7.39. The molecule has 0 unspecified atom stereocenters. The number of carbonyl (C=O) groups excluding carboxylic acids is 5. The van der Waals surface area contributed by atoms with Crippen LogP contribution in [0.4, 0.5) is 17.1 Å². The van der Waals surface area contributed by atoms with Crippen LogP contribution in [0.5, 0.6) is 0 Å². The van der Waals surface area contributed by atoms with E-state index in [9.17, 15) is 29.1 Å². The second-order valence-electron chi connectivity index (χ2n) is 13.8. The topological polar surface area (TPSA) is 196 Å².